The lowest BCUT2D eigenvalue weighted by molar-refractivity contribution is -0.131. The molecular weight excluding hydrogens is 333 g/mol. The van der Waals surface area contributed by atoms with Crippen LogP contribution in [0.3, 0.4) is 0 Å². The third-order valence-electron chi connectivity index (χ3n) is 5.42. The van der Waals surface area contributed by atoms with Crippen molar-refractivity contribution in [3.63, 3.8) is 0 Å². The Hall–Kier alpha value is -2.28. The second-order valence-corrected chi connectivity index (χ2v) is 7.23. The number of nitrogens with zero attached hydrogens (tertiary/aromatic N) is 5. The highest BCUT2D eigenvalue weighted by molar-refractivity contribution is 5.79. The molecule has 2 aliphatic rings. The average molecular weight is 357 g/mol. The molecule has 1 saturated heterocycles. The van der Waals surface area contributed by atoms with Crippen LogP contribution >= 0.6 is 0 Å². The van der Waals surface area contributed by atoms with Crippen LogP contribution in [0.5, 0.6) is 0 Å². The summed E-state index contributed by atoms with van der Waals surface area (Å²) in [5, 5.41) is 8.84. The van der Waals surface area contributed by atoms with E-state index in [1.807, 2.05) is 4.90 Å². The number of rotatable bonds is 3. The van der Waals surface area contributed by atoms with Gasteiger partial charge in [0.05, 0.1) is 12.5 Å². The van der Waals surface area contributed by atoms with Crippen LogP contribution < -0.4 is 0 Å². The van der Waals surface area contributed by atoms with E-state index in [0.29, 0.717) is 6.42 Å². The lowest BCUT2D eigenvalue weighted by atomic mass is 10.1. The van der Waals surface area contributed by atoms with Crippen LogP contribution in [0.2, 0.25) is 0 Å². The van der Waals surface area contributed by atoms with E-state index >= 15 is 0 Å². The zero-order valence-electron chi connectivity index (χ0n) is 15.1. The van der Waals surface area contributed by atoms with Crippen LogP contribution in [0.1, 0.15) is 36.1 Å². The zero-order chi connectivity index (χ0) is 18.1. The molecule has 7 heteroatoms. The van der Waals surface area contributed by atoms with Crippen molar-refractivity contribution in [3.8, 4) is 0 Å². The zero-order valence-corrected chi connectivity index (χ0v) is 15.1. The summed E-state index contributed by atoms with van der Waals surface area (Å²) in [7, 11) is 2.12. The van der Waals surface area contributed by atoms with E-state index in [1.54, 1.807) is 12.1 Å². The lowest BCUT2D eigenvalue weighted by Gasteiger charge is -2.25. The Morgan fingerprint density at radius 1 is 1.15 bits per heavy atom. The number of carbonyl (C=O) groups is 1. The SMILES string of the molecule is CN1CCc2nnc([C@@H]3CCCN3C(=O)Cc3ccc(F)cc3)n2CC1. The minimum Gasteiger partial charge on any atom is -0.332 e. The summed E-state index contributed by atoms with van der Waals surface area (Å²) in [4.78, 5) is 17.1. The Balaban J connectivity index is 1.53. The van der Waals surface area contributed by atoms with Gasteiger partial charge in [-0.15, -0.1) is 10.2 Å². The van der Waals surface area contributed by atoms with Crippen molar-refractivity contribution in [2.75, 3.05) is 26.7 Å². The van der Waals surface area contributed by atoms with E-state index < -0.39 is 0 Å². The summed E-state index contributed by atoms with van der Waals surface area (Å²) in [5.41, 5.74) is 0.837. The first-order valence-corrected chi connectivity index (χ1v) is 9.26. The van der Waals surface area contributed by atoms with Gasteiger partial charge in [-0.3, -0.25) is 4.79 Å². The summed E-state index contributed by atoms with van der Waals surface area (Å²) in [6.45, 7) is 3.56. The largest absolute Gasteiger partial charge is 0.332 e. The van der Waals surface area contributed by atoms with Crippen molar-refractivity contribution in [2.24, 2.45) is 0 Å². The molecule has 0 unspecified atom stereocenters. The van der Waals surface area contributed by atoms with Gasteiger partial charge >= 0.3 is 0 Å². The smallest absolute Gasteiger partial charge is 0.227 e. The van der Waals surface area contributed by atoms with Crippen molar-refractivity contribution < 1.29 is 9.18 Å². The van der Waals surface area contributed by atoms with Gasteiger partial charge in [0.15, 0.2) is 5.82 Å². The third kappa shape index (κ3) is 3.35. The van der Waals surface area contributed by atoms with E-state index in [9.17, 15) is 9.18 Å². The van der Waals surface area contributed by atoms with E-state index in [1.165, 1.54) is 12.1 Å². The third-order valence-corrected chi connectivity index (χ3v) is 5.42. The molecule has 1 atom stereocenters. The second kappa shape index (κ2) is 7.15. The molecule has 1 aromatic carbocycles. The van der Waals surface area contributed by atoms with E-state index in [-0.39, 0.29) is 17.8 Å². The van der Waals surface area contributed by atoms with Crippen LogP contribution in [0.4, 0.5) is 4.39 Å². The average Bonchev–Trinajstić information content (AvgIpc) is 3.22. The number of carbonyl (C=O) groups excluding carboxylic acids is 1. The van der Waals surface area contributed by atoms with Gasteiger partial charge in [0.25, 0.3) is 0 Å². The molecule has 0 aliphatic carbocycles. The summed E-state index contributed by atoms with van der Waals surface area (Å²) in [5.74, 6) is 1.72. The first-order chi connectivity index (χ1) is 12.6. The molecule has 0 N–H and O–H groups in total. The molecule has 0 saturated carbocycles. The number of hydrogen-bond acceptors (Lipinski definition) is 4. The van der Waals surface area contributed by atoms with Gasteiger partial charge in [-0.25, -0.2) is 4.39 Å². The number of fused-ring (bicyclic) bond motifs is 1. The molecule has 0 spiro atoms. The van der Waals surface area contributed by atoms with E-state index in [4.69, 9.17) is 0 Å². The Morgan fingerprint density at radius 2 is 1.96 bits per heavy atom. The first-order valence-electron chi connectivity index (χ1n) is 9.26. The molecule has 1 fully saturated rings. The maximum atomic E-state index is 13.1. The Kier molecular flexibility index (Phi) is 4.72. The van der Waals surface area contributed by atoms with Crippen LogP contribution in [0, 0.1) is 5.82 Å². The number of hydrogen-bond donors (Lipinski definition) is 0. The molecule has 138 valence electrons. The fraction of sp³-hybridized carbons (Fsp3) is 0.526. The van der Waals surface area contributed by atoms with Crippen molar-refractivity contribution in [2.45, 2.75) is 38.3 Å². The summed E-state index contributed by atoms with van der Waals surface area (Å²) in [6, 6.07) is 6.15. The predicted molar refractivity (Wildman–Crippen MR) is 95.0 cm³/mol. The predicted octanol–water partition coefficient (Wildman–Crippen LogP) is 1.81. The van der Waals surface area contributed by atoms with E-state index in [2.05, 4.69) is 26.7 Å². The van der Waals surface area contributed by atoms with Crippen LogP contribution in [0.25, 0.3) is 0 Å². The quantitative estimate of drug-likeness (QED) is 0.841. The number of halogens is 1. The van der Waals surface area contributed by atoms with Crippen molar-refractivity contribution in [3.05, 3.63) is 47.3 Å². The van der Waals surface area contributed by atoms with Crippen LogP contribution in [0.15, 0.2) is 24.3 Å². The number of aromatic nitrogens is 3. The molecule has 3 heterocycles. The summed E-state index contributed by atoms with van der Waals surface area (Å²) >= 11 is 0. The summed E-state index contributed by atoms with van der Waals surface area (Å²) < 4.78 is 15.3. The van der Waals surface area contributed by atoms with Crippen molar-refractivity contribution in [1.29, 1.82) is 0 Å². The molecular formula is C19H24FN5O. The maximum absolute atomic E-state index is 13.1. The highest BCUT2D eigenvalue weighted by atomic mass is 19.1. The molecule has 1 aromatic heterocycles. The van der Waals surface area contributed by atoms with Gasteiger partial charge in [-0.1, -0.05) is 12.1 Å². The number of amides is 1. The van der Waals surface area contributed by atoms with Crippen LogP contribution in [-0.2, 0) is 24.2 Å². The van der Waals surface area contributed by atoms with Gasteiger partial charge in [0.1, 0.15) is 11.6 Å². The number of benzene rings is 1. The number of likely N-dealkylation sites (tertiary alicyclic amines) is 1. The van der Waals surface area contributed by atoms with Gasteiger partial charge in [0.2, 0.25) is 5.91 Å². The van der Waals surface area contributed by atoms with Gasteiger partial charge in [0, 0.05) is 32.6 Å². The minimum absolute atomic E-state index is 0.00685. The highest BCUT2D eigenvalue weighted by Gasteiger charge is 2.34. The standard InChI is InChI=1S/C19H24FN5O/c1-23-10-8-17-21-22-19(25(17)12-11-23)16-3-2-9-24(16)18(26)13-14-4-6-15(20)7-5-14/h4-7,16H,2-3,8-13H2,1H3/t16-/m0/s1. The number of likely N-dealkylation sites (N-methyl/N-ethyl adjacent to an activating group) is 1. The molecule has 0 bridgehead atoms. The molecule has 1 amide bonds. The molecule has 0 radical (unpaired) electrons. The molecule has 2 aliphatic heterocycles. The highest BCUT2D eigenvalue weighted by Crippen LogP contribution is 2.32. The Bertz CT molecular complexity index is 788. The van der Waals surface area contributed by atoms with Crippen molar-refractivity contribution in [1.82, 2.24) is 24.6 Å². The molecule has 4 rings (SSSR count). The molecule has 2 aromatic rings. The minimum atomic E-state index is -0.281. The van der Waals surface area contributed by atoms with E-state index in [0.717, 1.165) is 62.7 Å². The Morgan fingerprint density at radius 3 is 2.77 bits per heavy atom. The molecule has 6 nitrogen and oxygen atoms in total. The first kappa shape index (κ1) is 17.1. The monoisotopic (exact) mass is 357 g/mol. The Labute approximate surface area is 152 Å². The van der Waals surface area contributed by atoms with Gasteiger partial charge < -0.3 is 14.4 Å². The van der Waals surface area contributed by atoms with Gasteiger partial charge in [-0.05, 0) is 37.6 Å². The van der Waals surface area contributed by atoms with Crippen molar-refractivity contribution >= 4 is 5.91 Å². The summed E-state index contributed by atoms with van der Waals surface area (Å²) in [6.07, 6.45) is 3.07. The van der Waals surface area contributed by atoms with Gasteiger partial charge in [-0.2, -0.15) is 0 Å². The molecule has 26 heavy (non-hydrogen) atoms. The second-order valence-electron chi connectivity index (χ2n) is 7.23. The lowest BCUT2D eigenvalue weighted by Crippen LogP contribution is -2.33. The fourth-order valence-electron chi connectivity index (χ4n) is 3.91. The normalized spacial score (nSPS) is 20.8. The maximum Gasteiger partial charge on any atom is 0.227 e. The van der Waals surface area contributed by atoms with Crippen LogP contribution in [-0.4, -0.2) is 57.2 Å². The fourth-order valence-corrected chi connectivity index (χ4v) is 3.91. The topological polar surface area (TPSA) is 54.3 Å².